The Balaban J connectivity index is 3.59. The van der Waals surface area contributed by atoms with Crippen LogP contribution < -0.4 is 47.4 Å². The first-order chi connectivity index (χ1) is 29.8. The first kappa shape index (κ1) is 52.5. The Bertz CT molecular complexity index is 1670. The number of carboxylic acid groups (broad SMARTS) is 1. The molecular formula is C46H66O16. The van der Waals surface area contributed by atoms with Gasteiger partial charge in [-0.25, -0.2) is 14.4 Å². The van der Waals surface area contributed by atoms with Gasteiger partial charge in [0.2, 0.25) is 34.5 Å². The van der Waals surface area contributed by atoms with Crippen LogP contribution in [0, 0.1) is 0 Å². The number of rotatable bonds is 31. The monoisotopic (exact) mass is 874 g/mol. The summed E-state index contributed by atoms with van der Waals surface area (Å²) in [7, 11) is 0. The Kier molecular flexibility index (Phi) is 22.6. The molecule has 0 fully saturated rings. The third kappa shape index (κ3) is 13.0. The predicted octanol–water partition coefficient (Wildman–Crippen LogP) is 8.21. The number of carbonyl (C=O) groups excluding carboxylic acids is 2. The maximum atomic E-state index is 13.6. The molecule has 0 aliphatic heterocycles. The second-order valence-corrected chi connectivity index (χ2v) is 13.0. The van der Waals surface area contributed by atoms with Gasteiger partial charge >= 0.3 is 17.9 Å². The highest BCUT2D eigenvalue weighted by Crippen LogP contribution is 2.65. The average Bonchev–Trinajstić information content (AvgIpc) is 3.23. The van der Waals surface area contributed by atoms with Gasteiger partial charge in [-0.2, -0.15) is 0 Å². The minimum atomic E-state index is -1.55. The lowest BCUT2D eigenvalue weighted by atomic mass is 9.71. The molecule has 0 spiro atoms. The van der Waals surface area contributed by atoms with Crippen LogP contribution in [0.15, 0.2) is 36.5 Å². The number of hydrogen-bond donors (Lipinski definition) is 1. The summed E-state index contributed by atoms with van der Waals surface area (Å²) in [5.41, 5.74) is -0.974. The van der Waals surface area contributed by atoms with Crippen LogP contribution in [0.4, 0.5) is 0 Å². The van der Waals surface area contributed by atoms with Gasteiger partial charge < -0.3 is 61.9 Å². The summed E-state index contributed by atoms with van der Waals surface area (Å²) >= 11 is 0. The Morgan fingerprint density at radius 1 is 0.468 bits per heavy atom. The first-order valence-electron chi connectivity index (χ1n) is 21.1. The topological polar surface area (TPSA) is 182 Å². The van der Waals surface area contributed by atoms with Gasteiger partial charge in [-0.15, -0.1) is 0 Å². The zero-order chi connectivity index (χ0) is 46.4. The van der Waals surface area contributed by atoms with E-state index in [4.69, 9.17) is 56.8 Å². The molecule has 0 aliphatic carbocycles. The van der Waals surface area contributed by atoms with Crippen LogP contribution in [0.5, 0.6) is 57.5 Å². The van der Waals surface area contributed by atoms with E-state index in [1.807, 2.05) is 0 Å². The SMILES string of the molecule is C=C(COCC)C(=O)Oc1c(OCC)c(OCC)c(C(C)(CC=CC(=O)O)c2c(OCC)c(OCC)c(OC(=O)C(=C)COCC)c(OCC)c2OCC)c(OCC)c1OCC. The lowest BCUT2D eigenvalue weighted by Crippen LogP contribution is -2.29. The molecule has 0 aliphatic rings. The van der Waals surface area contributed by atoms with Gasteiger partial charge in [0.15, 0.2) is 23.0 Å². The normalized spacial score (nSPS) is 11.1. The van der Waals surface area contributed by atoms with E-state index in [2.05, 4.69) is 13.2 Å². The van der Waals surface area contributed by atoms with Gasteiger partial charge in [-0.05, 0) is 75.7 Å². The fraction of sp³-hybridized carbons (Fsp3) is 0.543. The van der Waals surface area contributed by atoms with Crippen LogP contribution in [0.3, 0.4) is 0 Å². The molecule has 0 bridgehead atoms. The second kappa shape index (κ2) is 26.7. The Morgan fingerprint density at radius 2 is 0.742 bits per heavy atom. The zero-order valence-corrected chi connectivity index (χ0v) is 38.3. The van der Waals surface area contributed by atoms with Crippen molar-refractivity contribution in [3.8, 4) is 57.5 Å². The van der Waals surface area contributed by atoms with E-state index >= 15 is 0 Å². The lowest BCUT2D eigenvalue weighted by Gasteiger charge is -2.38. The largest absolute Gasteiger partial charge is 0.489 e. The number of ether oxygens (including phenoxy) is 12. The number of hydrogen-bond acceptors (Lipinski definition) is 15. The number of carboxylic acids is 1. The van der Waals surface area contributed by atoms with Gasteiger partial charge in [0.1, 0.15) is 0 Å². The number of carbonyl (C=O) groups is 3. The van der Waals surface area contributed by atoms with E-state index in [1.165, 1.54) is 6.08 Å². The van der Waals surface area contributed by atoms with Crippen molar-refractivity contribution < 1.29 is 76.3 Å². The molecule has 16 heteroatoms. The van der Waals surface area contributed by atoms with Crippen molar-refractivity contribution in [3.05, 3.63) is 47.6 Å². The summed E-state index contributed by atoms with van der Waals surface area (Å²) in [6.45, 7) is 28.2. The van der Waals surface area contributed by atoms with Gasteiger partial charge in [-0.1, -0.05) is 26.2 Å². The van der Waals surface area contributed by atoms with Crippen molar-refractivity contribution in [1.29, 1.82) is 0 Å². The molecule has 0 radical (unpaired) electrons. The highest BCUT2D eigenvalue weighted by Gasteiger charge is 2.47. The molecule has 62 heavy (non-hydrogen) atoms. The third-order valence-electron chi connectivity index (χ3n) is 8.69. The maximum Gasteiger partial charge on any atom is 0.341 e. The van der Waals surface area contributed by atoms with Crippen molar-refractivity contribution in [2.75, 3.05) is 79.3 Å². The van der Waals surface area contributed by atoms with E-state index in [-0.39, 0.29) is 152 Å². The number of aliphatic carboxylic acids is 1. The molecule has 0 amide bonds. The van der Waals surface area contributed by atoms with Crippen LogP contribution in [0.1, 0.15) is 93.7 Å². The fourth-order valence-corrected chi connectivity index (χ4v) is 6.32. The summed E-state index contributed by atoms with van der Waals surface area (Å²) < 4.78 is 74.2. The molecule has 0 aromatic heterocycles. The Morgan fingerprint density at radius 3 is 0.984 bits per heavy atom. The highest BCUT2D eigenvalue weighted by atomic mass is 16.6. The molecule has 346 valence electrons. The fourth-order valence-electron chi connectivity index (χ4n) is 6.32. The molecule has 16 nitrogen and oxygen atoms in total. The molecular weight excluding hydrogens is 808 g/mol. The van der Waals surface area contributed by atoms with Crippen molar-refractivity contribution in [1.82, 2.24) is 0 Å². The molecule has 2 rings (SSSR count). The van der Waals surface area contributed by atoms with Crippen molar-refractivity contribution in [3.63, 3.8) is 0 Å². The first-order valence-corrected chi connectivity index (χ1v) is 21.1. The van der Waals surface area contributed by atoms with Crippen LogP contribution >= 0.6 is 0 Å². The maximum absolute atomic E-state index is 13.6. The molecule has 1 N–H and O–H groups in total. The van der Waals surface area contributed by atoms with E-state index in [0.29, 0.717) is 13.2 Å². The minimum Gasteiger partial charge on any atom is -0.489 e. The molecule has 2 aromatic carbocycles. The van der Waals surface area contributed by atoms with Crippen LogP contribution in [0.25, 0.3) is 0 Å². The van der Waals surface area contributed by atoms with Crippen molar-refractivity contribution >= 4 is 17.9 Å². The molecule has 0 saturated carbocycles. The van der Waals surface area contributed by atoms with Crippen molar-refractivity contribution in [2.24, 2.45) is 0 Å². The van der Waals surface area contributed by atoms with E-state index in [1.54, 1.807) is 76.2 Å². The number of benzene rings is 2. The van der Waals surface area contributed by atoms with E-state index in [9.17, 15) is 19.5 Å². The quantitative estimate of drug-likeness (QED) is 0.0434. The van der Waals surface area contributed by atoms with Crippen LogP contribution in [-0.4, -0.2) is 102 Å². The molecule has 2 aromatic rings. The standard InChI is InChI=1S/C46H66O16/c1-14-51-27-29(11)44(49)61-42-38(57-20-7)34(53-16-3)32(35(54-17-4)39(42)58-21-8)46(13,26-24-25-31(47)48)33-36(55-18-5)40(59-22-9)43(41(60-23-10)37(33)56-19-6)62-45(50)30(12)28-52-15-2/h24-25H,11-12,14-23,26-28H2,1-10,13H3,(H,47,48). The summed E-state index contributed by atoms with van der Waals surface area (Å²) in [6.07, 6.45) is 2.35. The van der Waals surface area contributed by atoms with Crippen molar-refractivity contribution in [2.45, 2.75) is 88.0 Å². The van der Waals surface area contributed by atoms with E-state index < -0.39 is 23.3 Å². The van der Waals surface area contributed by atoms with Gasteiger partial charge in [0.25, 0.3) is 0 Å². The van der Waals surface area contributed by atoms with E-state index in [0.717, 1.165) is 6.08 Å². The lowest BCUT2D eigenvalue weighted by molar-refractivity contribution is -0.132. The van der Waals surface area contributed by atoms with Crippen LogP contribution in [-0.2, 0) is 29.3 Å². The summed E-state index contributed by atoms with van der Waals surface area (Å²) in [5, 5.41) is 9.91. The van der Waals surface area contributed by atoms with Gasteiger partial charge in [0.05, 0.1) is 88.3 Å². The zero-order valence-electron chi connectivity index (χ0n) is 38.3. The molecule has 0 saturated heterocycles. The number of esters is 2. The van der Waals surface area contributed by atoms with Crippen LogP contribution in [0.2, 0.25) is 0 Å². The van der Waals surface area contributed by atoms with Gasteiger partial charge in [0, 0.05) is 24.7 Å². The van der Waals surface area contributed by atoms with Gasteiger partial charge in [-0.3, -0.25) is 0 Å². The third-order valence-corrected chi connectivity index (χ3v) is 8.69. The average molecular weight is 875 g/mol. The summed E-state index contributed by atoms with van der Waals surface area (Å²) in [4.78, 5) is 39.4. The second-order valence-electron chi connectivity index (χ2n) is 13.0. The summed E-state index contributed by atoms with van der Waals surface area (Å²) in [5.74, 6) is -2.98. The summed E-state index contributed by atoms with van der Waals surface area (Å²) in [6, 6.07) is 0. The molecule has 0 heterocycles. The molecule has 0 unspecified atom stereocenters. The molecule has 0 atom stereocenters. The smallest absolute Gasteiger partial charge is 0.341 e. The number of allylic oxidation sites excluding steroid dienone is 1. The Labute approximate surface area is 365 Å². The minimum absolute atomic E-state index is 0.0217. The highest BCUT2D eigenvalue weighted by molar-refractivity contribution is 5.93. The predicted molar refractivity (Wildman–Crippen MR) is 233 cm³/mol. The Hall–Kier alpha value is -5.61.